The summed E-state index contributed by atoms with van der Waals surface area (Å²) in [5.74, 6) is 1.27. The molecule has 2 aromatic rings. The minimum absolute atomic E-state index is 0.147. The summed E-state index contributed by atoms with van der Waals surface area (Å²) < 4.78 is 55.8. The Bertz CT molecular complexity index is 1310. The molecule has 3 heterocycles. The van der Waals surface area contributed by atoms with Crippen molar-refractivity contribution in [3.63, 3.8) is 0 Å². The quantitative estimate of drug-likeness (QED) is 0.0451. The van der Waals surface area contributed by atoms with Gasteiger partial charge in [-0.2, -0.15) is 15.1 Å². The van der Waals surface area contributed by atoms with Crippen LogP contribution in [0.25, 0.3) is 11.0 Å². The first-order valence-corrected chi connectivity index (χ1v) is 16.8. The van der Waals surface area contributed by atoms with Crippen LogP contribution in [0.4, 0.5) is 5.82 Å². The molecule has 0 radical (unpaired) electrons. The van der Waals surface area contributed by atoms with E-state index in [2.05, 4.69) is 26.3 Å². The van der Waals surface area contributed by atoms with Gasteiger partial charge in [0.2, 0.25) is 5.28 Å². The molecule has 2 aromatic heterocycles. The Morgan fingerprint density at radius 3 is 2.26 bits per heavy atom. The number of fused-ring (bicyclic) bond motifs is 1. The number of aromatic nitrogens is 4. The van der Waals surface area contributed by atoms with E-state index in [1.54, 1.807) is 0 Å². The molecule has 21 heteroatoms. The van der Waals surface area contributed by atoms with E-state index in [9.17, 15) is 24.2 Å². The van der Waals surface area contributed by atoms with Gasteiger partial charge in [-0.15, -0.1) is 6.42 Å². The van der Waals surface area contributed by atoms with Gasteiger partial charge in [0.1, 0.15) is 30.7 Å². The van der Waals surface area contributed by atoms with Gasteiger partial charge >= 0.3 is 15.2 Å². The predicted octanol–water partition coefficient (Wildman–Crippen LogP) is -0.452. The number of aliphatic hydroxyl groups is 2. The van der Waals surface area contributed by atoms with Gasteiger partial charge in [0, 0.05) is 6.54 Å². The van der Waals surface area contributed by atoms with E-state index in [4.69, 9.17) is 56.0 Å². The van der Waals surface area contributed by atoms with Crippen LogP contribution >= 0.6 is 26.8 Å². The van der Waals surface area contributed by atoms with Crippen molar-refractivity contribution in [3.8, 4) is 12.3 Å². The van der Waals surface area contributed by atoms with Crippen molar-refractivity contribution in [2.45, 2.75) is 24.5 Å². The zero-order valence-electron chi connectivity index (χ0n) is 22.8. The summed E-state index contributed by atoms with van der Waals surface area (Å²) in [6.07, 6.45) is 0.650. The van der Waals surface area contributed by atoms with Crippen LogP contribution in [-0.4, -0.2) is 135 Å². The smallest absolute Gasteiger partial charge is 0.340 e. The molecule has 242 valence electrons. The number of ether oxygens (including phenoxy) is 5. The Labute approximate surface area is 251 Å². The number of hydrogen-bond donors (Lipinski definition) is 6. The third kappa shape index (κ3) is 11.6. The predicted molar refractivity (Wildman–Crippen MR) is 150 cm³/mol. The van der Waals surface area contributed by atoms with E-state index in [0.717, 1.165) is 4.68 Å². The normalized spacial score (nSPS) is 22.1. The maximum Gasteiger partial charge on any atom is 0.340 e. The molecule has 18 nitrogen and oxygen atoms in total. The van der Waals surface area contributed by atoms with Gasteiger partial charge < -0.3 is 58.4 Å². The first-order valence-electron chi connectivity index (χ1n) is 12.8. The van der Waals surface area contributed by atoms with Crippen LogP contribution in [0.1, 0.15) is 6.23 Å². The number of hydrogen-bond acceptors (Lipinski definition) is 14. The molecule has 43 heavy (non-hydrogen) atoms. The molecule has 0 saturated carbocycles. The molecule has 0 aromatic carbocycles. The number of anilines is 1. The average Bonchev–Trinajstić information content (AvgIpc) is 3.46. The van der Waals surface area contributed by atoms with E-state index in [-0.39, 0.29) is 17.5 Å². The molecular formula is C22H34ClN5O13P2. The van der Waals surface area contributed by atoms with E-state index < -0.39 is 52.2 Å². The van der Waals surface area contributed by atoms with Crippen molar-refractivity contribution in [2.24, 2.45) is 0 Å². The lowest BCUT2D eigenvalue weighted by Gasteiger charge is -2.18. The molecule has 1 saturated heterocycles. The lowest BCUT2D eigenvalue weighted by atomic mass is 10.1. The average molecular weight is 674 g/mol. The number of nitrogens with one attached hydrogen (secondary N) is 1. The largest absolute Gasteiger partial charge is 0.387 e. The molecule has 3 rings (SSSR count). The van der Waals surface area contributed by atoms with Crippen molar-refractivity contribution in [1.82, 2.24) is 19.7 Å². The van der Waals surface area contributed by atoms with Gasteiger partial charge in [-0.05, 0) is 11.6 Å². The molecular weight excluding hydrogens is 640 g/mol. The van der Waals surface area contributed by atoms with Crippen LogP contribution in [0.2, 0.25) is 5.28 Å². The maximum absolute atomic E-state index is 11.9. The second kappa shape index (κ2) is 17.1. The molecule has 0 aliphatic carbocycles. The Balaban J connectivity index is 1.46. The van der Waals surface area contributed by atoms with Crippen LogP contribution < -0.4 is 5.32 Å². The van der Waals surface area contributed by atoms with Crippen LogP contribution in [-0.2, 0) is 37.3 Å². The van der Waals surface area contributed by atoms with Crippen molar-refractivity contribution in [3.05, 3.63) is 11.5 Å². The minimum Gasteiger partial charge on any atom is -0.387 e. The fraction of sp³-hybridized carbons (Fsp3) is 0.682. The monoisotopic (exact) mass is 673 g/mol. The van der Waals surface area contributed by atoms with Gasteiger partial charge in [0.05, 0.1) is 64.4 Å². The molecule has 1 unspecified atom stereocenters. The topological polar surface area (TPSA) is 246 Å². The van der Waals surface area contributed by atoms with E-state index >= 15 is 0 Å². The van der Waals surface area contributed by atoms with Gasteiger partial charge in [-0.3, -0.25) is 9.13 Å². The van der Waals surface area contributed by atoms with E-state index in [1.165, 1.54) is 6.20 Å². The number of aliphatic hydroxyl groups excluding tert-OH is 2. The Kier molecular flexibility index (Phi) is 14.2. The lowest BCUT2D eigenvalue weighted by Crippen LogP contribution is -2.33. The van der Waals surface area contributed by atoms with Gasteiger partial charge in [0.25, 0.3) is 0 Å². The summed E-state index contributed by atoms with van der Waals surface area (Å²) in [6.45, 7) is 2.53. The Hall–Kier alpha value is -1.78. The molecule has 1 aliphatic rings. The lowest BCUT2D eigenvalue weighted by molar-refractivity contribution is -0.0541. The third-order valence-corrected chi connectivity index (χ3v) is 9.27. The van der Waals surface area contributed by atoms with Crippen molar-refractivity contribution >= 4 is 43.6 Å². The number of rotatable bonds is 20. The zero-order chi connectivity index (χ0) is 31.5. The standard InChI is InChI=1S/C22H34ClN5O13P2/c1-2-4-36-6-8-38-10-11-39-9-7-37-5-3-24-19-15-12-25-28(20(15)27-22(23)26-19)21-18(30)17(29)16(41-21)13-40-43(34,35)14-42(31,32)33/h1,12,16-18,21,29-30H,3-11,13-14H2,(H,34,35)(H,24,26,27)(H2,31,32,33)/t16-,17-,18-,21-/m1/s1. The van der Waals surface area contributed by atoms with Crippen molar-refractivity contribution in [1.29, 1.82) is 0 Å². The van der Waals surface area contributed by atoms with Crippen molar-refractivity contribution < 1.29 is 62.2 Å². The van der Waals surface area contributed by atoms with Crippen LogP contribution in [0.3, 0.4) is 0 Å². The summed E-state index contributed by atoms with van der Waals surface area (Å²) >= 11 is 6.10. The second-order valence-corrected chi connectivity index (χ2v) is 13.3. The van der Waals surface area contributed by atoms with E-state index in [1.807, 2.05) is 0 Å². The highest BCUT2D eigenvalue weighted by Gasteiger charge is 2.46. The Morgan fingerprint density at radius 1 is 1.00 bits per heavy atom. The molecule has 0 amide bonds. The summed E-state index contributed by atoms with van der Waals surface area (Å²) in [4.78, 5) is 35.8. The highest BCUT2D eigenvalue weighted by molar-refractivity contribution is 7.70. The van der Waals surface area contributed by atoms with Crippen molar-refractivity contribution in [2.75, 3.05) is 77.2 Å². The Morgan fingerprint density at radius 2 is 1.63 bits per heavy atom. The highest BCUT2D eigenvalue weighted by Crippen LogP contribution is 2.55. The SMILES string of the molecule is C#CCOCCOCCOCCOCCNc1nc(Cl)nc2c1cnn2[C@@H]1O[C@H](COP(=O)(O)CP(=O)(O)O)[C@@H](O)[C@H]1O. The summed E-state index contributed by atoms with van der Waals surface area (Å²) in [6, 6.07) is 0. The van der Waals surface area contributed by atoms with Crippen LogP contribution in [0.15, 0.2) is 6.20 Å². The first-order chi connectivity index (χ1) is 20.4. The summed E-state index contributed by atoms with van der Waals surface area (Å²) in [5, 5.41) is 28.5. The molecule has 1 fully saturated rings. The number of halogens is 1. The van der Waals surface area contributed by atoms with Gasteiger partial charge in [-0.25, -0.2) is 4.68 Å². The molecule has 5 atom stereocenters. The fourth-order valence-electron chi connectivity index (χ4n) is 3.78. The van der Waals surface area contributed by atoms with Crippen LogP contribution in [0, 0.1) is 12.3 Å². The highest BCUT2D eigenvalue weighted by atomic mass is 35.5. The summed E-state index contributed by atoms with van der Waals surface area (Å²) in [7, 11) is -9.56. The second-order valence-electron chi connectivity index (χ2n) is 8.97. The molecule has 6 N–H and O–H groups in total. The van der Waals surface area contributed by atoms with Crippen LogP contribution in [0.5, 0.6) is 0 Å². The first kappa shape index (κ1) is 35.7. The van der Waals surface area contributed by atoms with Gasteiger partial charge in [-0.1, -0.05) is 5.92 Å². The molecule has 1 aliphatic heterocycles. The minimum atomic E-state index is -4.85. The number of nitrogens with zero attached hydrogens (tertiary/aromatic N) is 4. The fourth-order valence-corrected chi connectivity index (χ4v) is 6.52. The third-order valence-electron chi connectivity index (χ3n) is 5.65. The number of terminal acetylenes is 1. The summed E-state index contributed by atoms with van der Waals surface area (Å²) in [5.41, 5.74) is 0.147. The van der Waals surface area contributed by atoms with Gasteiger partial charge in [0.15, 0.2) is 17.8 Å². The molecule has 0 spiro atoms. The molecule has 0 bridgehead atoms. The van der Waals surface area contributed by atoms with E-state index in [0.29, 0.717) is 64.0 Å². The maximum atomic E-state index is 11.9. The zero-order valence-corrected chi connectivity index (χ0v) is 25.4.